The smallest absolute Gasteiger partial charge is 0.416 e. The van der Waals surface area contributed by atoms with Crippen molar-refractivity contribution in [3.63, 3.8) is 0 Å². The van der Waals surface area contributed by atoms with Crippen LogP contribution in [0.4, 0.5) is 19.0 Å². The van der Waals surface area contributed by atoms with Crippen LogP contribution in [-0.4, -0.2) is 47.0 Å². The van der Waals surface area contributed by atoms with Crippen molar-refractivity contribution < 1.29 is 22.7 Å². The van der Waals surface area contributed by atoms with Gasteiger partial charge < -0.3 is 15.0 Å². The lowest BCUT2D eigenvalue weighted by atomic mass is 10.0. The minimum absolute atomic E-state index is 0.163. The molecule has 0 aliphatic heterocycles. The van der Waals surface area contributed by atoms with Crippen LogP contribution in [0.5, 0.6) is 5.75 Å². The molecule has 1 atom stereocenters. The number of aryl methyl sites for hydroxylation is 1. The Balaban J connectivity index is 1.76. The van der Waals surface area contributed by atoms with E-state index in [9.17, 15) is 18.0 Å². The fourth-order valence-corrected chi connectivity index (χ4v) is 3.96. The summed E-state index contributed by atoms with van der Waals surface area (Å²) < 4.78 is 45.3. The molecular formula is C27H26F3N5O2. The number of anilines is 1. The number of methoxy groups -OCH3 is 1. The minimum atomic E-state index is -4.43. The number of hydrogen-bond donors (Lipinski definition) is 1. The number of aromatic nitrogens is 3. The van der Waals surface area contributed by atoms with E-state index in [1.165, 1.54) is 24.3 Å². The third kappa shape index (κ3) is 5.47. The minimum Gasteiger partial charge on any atom is -0.496 e. The van der Waals surface area contributed by atoms with Crippen molar-refractivity contribution in [1.29, 1.82) is 0 Å². The van der Waals surface area contributed by atoms with Crippen molar-refractivity contribution in [2.24, 2.45) is 0 Å². The first-order chi connectivity index (χ1) is 17.5. The number of hydrogen-bond acceptors (Lipinski definition) is 6. The zero-order chi connectivity index (χ0) is 26.9. The average molecular weight is 510 g/mol. The Kier molecular flexibility index (Phi) is 7.02. The van der Waals surface area contributed by atoms with E-state index in [0.29, 0.717) is 50.7 Å². The number of fused-ring (bicyclic) bond motifs is 1. The van der Waals surface area contributed by atoms with Gasteiger partial charge in [0, 0.05) is 43.4 Å². The topological polar surface area (TPSA) is 80.2 Å². The number of rotatable bonds is 6. The van der Waals surface area contributed by atoms with E-state index in [4.69, 9.17) is 4.74 Å². The van der Waals surface area contributed by atoms with Crippen molar-refractivity contribution in [1.82, 2.24) is 19.9 Å². The van der Waals surface area contributed by atoms with Gasteiger partial charge in [0.1, 0.15) is 17.4 Å². The van der Waals surface area contributed by atoms with Gasteiger partial charge in [-0.15, -0.1) is 0 Å². The maximum Gasteiger partial charge on any atom is 0.416 e. The van der Waals surface area contributed by atoms with Gasteiger partial charge in [-0.25, -0.2) is 9.97 Å². The largest absolute Gasteiger partial charge is 0.496 e. The molecule has 2 aromatic heterocycles. The molecule has 0 spiro atoms. The van der Waals surface area contributed by atoms with E-state index in [-0.39, 0.29) is 5.91 Å². The maximum atomic E-state index is 13.2. The van der Waals surface area contributed by atoms with Gasteiger partial charge in [-0.1, -0.05) is 12.1 Å². The molecule has 7 nitrogen and oxygen atoms in total. The Morgan fingerprint density at radius 2 is 1.84 bits per heavy atom. The average Bonchev–Trinajstić information content (AvgIpc) is 2.87. The number of nitrogens with one attached hydrogen (secondary N) is 1. The molecule has 2 aromatic carbocycles. The summed E-state index contributed by atoms with van der Waals surface area (Å²) in [5, 5.41) is 3.89. The lowest BCUT2D eigenvalue weighted by Gasteiger charge is -2.19. The molecule has 0 bridgehead atoms. The van der Waals surface area contributed by atoms with Crippen molar-refractivity contribution in [3.8, 4) is 17.0 Å². The van der Waals surface area contributed by atoms with Crippen LogP contribution in [0, 0.1) is 6.92 Å². The van der Waals surface area contributed by atoms with Gasteiger partial charge in [0.15, 0.2) is 0 Å². The normalized spacial score (nSPS) is 12.3. The fraction of sp³-hybridized carbons (Fsp3) is 0.259. The second kappa shape index (κ2) is 10.0. The van der Waals surface area contributed by atoms with Crippen molar-refractivity contribution in [2.45, 2.75) is 26.1 Å². The lowest BCUT2D eigenvalue weighted by molar-refractivity contribution is -0.137. The summed E-state index contributed by atoms with van der Waals surface area (Å²) in [6.45, 7) is 3.51. The van der Waals surface area contributed by atoms with Crippen molar-refractivity contribution in [2.75, 3.05) is 26.5 Å². The highest BCUT2D eigenvalue weighted by Crippen LogP contribution is 2.36. The Bertz CT molecular complexity index is 1450. The number of carbonyl (C=O) groups excluding carboxylic acids is 1. The highest BCUT2D eigenvalue weighted by Gasteiger charge is 2.30. The second-order valence-electron chi connectivity index (χ2n) is 8.81. The first kappa shape index (κ1) is 25.9. The molecule has 0 unspecified atom stereocenters. The van der Waals surface area contributed by atoms with E-state index in [0.717, 1.165) is 12.1 Å². The molecule has 192 valence electrons. The van der Waals surface area contributed by atoms with Crippen LogP contribution >= 0.6 is 0 Å². The monoisotopic (exact) mass is 509 g/mol. The predicted molar refractivity (Wildman–Crippen MR) is 136 cm³/mol. The Morgan fingerprint density at radius 1 is 1.08 bits per heavy atom. The standard InChI is InChI=1S/C27H26F3N5O2/c1-15(17-7-6-8-19(11-17)27(28,29)30)32-25-21-12-20(24(37-5)13-23(21)33-16(2)34-25)22-10-9-18(14-31-22)26(36)35(3)4/h6-15H,1-5H3,(H,32,33,34)/t15-/m0/s1. The number of halogens is 3. The summed E-state index contributed by atoms with van der Waals surface area (Å²) in [6, 6.07) is 11.7. The summed E-state index contributed by atoms with van der Waals surface area (Å²) in [6.07, 6.45) is -2.93. The van der Waals surface area contributed by atoms with Crippen LogP contribution < -0.4 is 10.1 Å². The summed E-state index contributed by atoms with van der Waals surface area (Å²) >= 11 is 0. The molecule has 2 heterocycles. The Hall–Kier alpha value is -4.21. The maximum absolute atomic E-state index is 13.2. The Morgan fingerprint density at radius 3 is 2.46 bits per heavy atom. The highest BCUT2D eigenvalue weighted by atomic mass is 19.4. The van der Waals surface area contributed by atoms with Crippen LogP contribution in [0.2, 0.25) is 0 Å². The van der Waals surface area contributed by atoms with Crippen molar-refractivity contribution >= 4 is 22.6 Å². The summed E-state index contributed by atoms with van der Waals surface area (Å²) in [7, 11) is 4.87. The molecule has 0 fully saturated rings. The lowest BCUT2D eigenvalue weighted by Crippen LogP contribution is -2.21. The van der Waals surface area contributed by atoms with Gasteiger partial charge in [0.2, 0.25) is 0 Å². The first-order valence-corrected chi connectivity index (χ1v) is 11.5. The van der Waals surface area contributed by atoms with Gasteiger partial charge in [-0.05, 0) is 49.7 Å². The third-order valence-corrected chi connectivity index (χ3v) is 5.89. The Labute approximate surface area is 212 Å². The molecule has 1 N–H and O–H groups in total. The molecule has 37 heavy (non-hydrogen) atoms. The second-order valence-corrected chi connectivity index (χ2v) is 8.81. The van der Waals surface area contributed by atoms with Gasteiger partial charge in [0.25, 0.3) is 5.91 Å². The number of alkyl halides is 3. The molecule has 4 rings (SSSR count). The van der Waals surface area contributed by atoms with E-state index in [1.807, 2.05) is 6.07 Å². The van der Waals surface area contributed by atoms with Crippen LogP contribution in [0.1, 0.15) is 40.3 Å². The van der Waals surface area contributed by atoms with Crippen LogP contribution in [0.25, 0.3) is 22.2 Å². The van der Waals surface area contributed by atoms with Gasteiger partial charge in [0.05, 0.1) is 29.4 Å². The zero-order valence-electron chi connectivity index (χ0n) is 21.0. The summed E-state index contributed by atoms with van der Waals surface area (Å²) in [4.78, 5) is 27.2. The van der Waals surface area contributed by atoms with Crippen LogP contribution in [0.15, 0.2) is 54.7 Å². The molecule has 0 aliphatic rings. The third-order valence-electron chi connectivity index (χ3n) is 5.89. The summed E-state index contributed by atoms with van der Waals surface area (Å²) in [5.74, 6) is 1.33. The molecule has 4 aromatic rings. The highest BCUT2D eigenvalue weighted by molar-refractivity contribution is 5.96. The quantitative estimate of drug-likeness (QED) is 0.349. The molecule has 0 radical (unpaired) electrons. The number of nitrogens with zero attached hydrogens (tertiary/aromatic N) is 4. The van der Waals surface area contributed by atoms with Crippen LogP contribution in [0.3, 0.4) is 0 Å². The van der Waals surface area contributed by atoms with E-state index < -0.39 is 17.8 Å². The number of ether oxygens (including phenoxy) is 1. The first-order valence-electron chi connectivity index (χ1n) is 11.5. The molecular weight excluding hydrogens is 483 g/mol. The van der Waals surface area contributed by atoms with Gasteiger partial charge in [-0.2, -0.15) is 13.2 Å². The van der Waals surface area contributed by atoms with E-state index in [1.54, 1.807) is 52.2 Å². The number of benzene rings is 2. The van der Waals surface area contributed by atoms with Gasteiger partial charge in [-0.3, -0.25) is 9.78 Å². The fourth-order valence-electron chi connectivity index (χ4n) is 3.96. The molecule has 0 saturated carbocycles. The molecule has 0 aliphatic carbocycles. The van der Waals surface area contributed by atoms with Gasteiger partial charge >= 0.3 is 6.18 Å². The molecule has 1 amide bonds. The zero-order valence-corrected chi connectivity index (χ0v) is 21.0. The molecule has 0 saturated heterocycles. The van der Waals surface area contributed by atoms with E-state index in [2.05, 4.69) is 20.3 Å². The van der Waals surface area contributed by atoms with Crippen molar-refractivity contribution in [3.05, 3.63) is 77.2 Å². The number of amides is 1. The van der Waals surface area contributed by atoms with E-state index >= 15 is 0 Å². The predicted octanol–water partition coefficient (Wildman–Crippen LogP) is 5.90. The number of carbonyl (C=O) groups is 1. The summed E-state index contributed by atoms with van der Waals surface area (Å²) in [5.41, 5.74) is 2.04. The number of pyridine rings is 1. The SMILES string of the molecule is COc1cc2nc(C)nc(N[C@@H](C)c3cccc(C(F)(F)F)c3)c2cc1-c1ccc(C(=O)N(C)C)cn1. The molecule has 10 heteroatoms. The van der Waals surface area contributed by atoms with Crippen LogP contribution in [-0.2, 0) is 6.18 Å².